The second kappa shape index (κ2) is 5.72. The van der Waals surface area contributed by atoms with Gasteiger partial charge in [-0.2, -0.15) is 0 Å². The number of aryl methyl sites for hydroxylation is 1. The average Bonchev–Trinajstić information content (AvgIpc) is 2.30. The number of benzene rings is 1. The summed E-state index contributed by atoms with van der Waals surface area (Å²) in [6.45, 7) is 8.63. The molecule has 0 aliphatic rings. The fraction of sp³-hybridized carbons (Fsp3) is 0.600. The van der Waals surface area contributed by atoms with Crippen molar-refractivity contribution in [1.82, 2.24) is 5.32 Å². The topological polar surface area (TPSA) is 41.5 Å². The number of rotatable bonds is 4. The van der Waals surface area contributed by atoms with Crippen LogP contribution in [0.1, 0.15) is 43.5 Å². The van der Waals surface area contributed by atoms with Crippen LogP contribution < -0.4 is 10.1 Å². The Kier molecular flexibility index (Phi) is 4.77. The predicted octanol–water partition coefficient (Wildman–Crippen LogP) is 2.55. The lowest BCUT2D eigenvalue weighted by Crippen LogP contribution is -2.22. The fourth-order valence-corrected chi connectivity index (χ4v) is 2.17. The van der Waals surface area contributed by atoms with Crippen LogP contribution in [0.3, 0.4) is 0 Å². The molecule has 0 heterocycles. The van der Waals surface area contributed by atoms with Crippen LogP contribution in [0, 0.1) is 6.92 Å². The lowest BCUT2D eigenvalue weighted by atomic mass is 9.83. The van der Waals surface area contributed by atoms with Crippen molar-refractivity contribution in [3.63, 3.8) is 0 Å². The first kappa shape index (κ1) is 15.0. The highest BCUT2D eigenvalue weighted by molar-refractivity contribution is 5.46. The molecule has 3 nitrogen and oxygen atoms in total. The molecule has 0 fully saturated rings. The second-order valence-electron chi connectivity index (χ2n) is 5.68. The van der Waals surface area contributed by atoms with Gasteiger partial charge in [0, 0.05) is 0 Å². The smallest absolute Gasteiger partial charge is 0.122 e. The first-order chi connectivity index (χ1) is 8.35. The van der Waals surface area contributed by atoms with E-state index >= 15 is 0 Å². The van der Waals surface area contributed by atoms with Gasteiger partial charge in [-0.05, 0) is 48.2 Å². The van der Waals surface area contributed by atoms with Gasteiger partial charge in [0.25, 0.3) is 0 Å². The Morgan fingerprint density at radius 1 is 1.33 bits per heavy atom. The van der Waals surface area contributed by atoms with Crippen LogP contribution in [-0.4, -0.2) is 25.9 Å². The van der Waals surface area contributed by atoms with Gasteiger partial charge in [-0.1, -0.05) is 20.8 Å². The van der Waals surface area contributed by atoms with Crippen molar-refractivity contribution in [2.45, 2.75) is 39.2 Å². The summed E-state index contributed by atoms with van der Waals surface area (Å²) in [5.74, 6) is 0.913. The van der Waals surface area contributed by atoms with Crippen LogP contribution in [0.25, 0.3) is 0 Å². The van der Waals surface area contributed by atoms with E-state index in [1.165, 1.54) is 5.56 Å². The van der Waals surface area contributed by atoms with Crippen molar-refractivity contribution in [3.8, 4) is 5.75 Å². The molecular formula is C15H25NO2. The van der Waals surface area contributed by atoms with E-state index in [4.69, 9.17) is 4.74 Å². The predicted molar refractivity (Wildman–Crippen MR) is 75.3 cm³/mol. The molecule has 1 unspecified atom stereocenters. The summed E-state index contributed by atoms with van der Waals surface area (Å²) >= 11 is 0. The molecule has 0 aromatic heterocycles. The molecule has 1 aromatic carbocycles. The average molecular weight is 251 g/mol. The minimum absolute atomic E-state index is 0.0154. The Labute approximate surface area is 110 Å². The second-order valence-corrected chi connectivity index (χ2v) is 5.68. The first-order valence-electron chi connectivity index (χ1n) is 6.32. The van der Waals surface area contributed by atoms with Crippen molar-refractivity contribution < 1.29 is 9.84 Å². The van der Waals surface area contributed by atoms with Crippen LogP contribution in [0.5, 0.6) is 5.75 Å². The zero-order chi connectivity index (χ0) is 13.9. The number of hydrogen-bond acceptors (Lipinski definition) is 3. The van der Waals surface area contributed by atoms with Gasteiger partial charge in [0.15, 0.2) is 0 Å². The molecule has 18 heavy (non-hydrogen) atoms. The molecule has 0 amide bonds. The van der Waals surface area contributed by atoms with Gasteiger partial charge in [-0.3, -0.25) is 0 Å². The normalized spacial score (nSPS) is 13.5. The van der Waals surface area contributed by atoms with E-state index in [1.54, 1.807) is 7.11 Å². The molecule has 0 radical (unpaired) electrons. The number of ether oxygens (including phenoxy) is 1. The van der Waals surface area contributed by atoms with Gasteiger partial charge < -0.3 is 15.2 Å². The molecule has 0 bridgehead atoms. The van der Waals surface area contributed by atoms with E-state index in [0.717, 1.165) is 16.9 Å². The van der Waals surface area contributed by atoms with Gasteiger partial charge in [-0.25, -0.2) is 0 Å². The highest BCUT2D eigenvalue weighted by Gasteiger charge is 2.22. The molecule has 1 aromatic rings. The molecule has 0 saturated carbocycles. The number of aliphatic hydroxyl groups is 1. The molecule has 0 aliphatic heterocycles. The highest BCUT2D eigenvalue weighted by Crippen LogP contribution is 2.35. The molecule has 1 rings (SSSR count). The Morgan fingerprint density at radius 3 is 2.33 bits per heavy atom. The third-order valence-electron chi connectivity index (χ3n) is 3.30. The van der Waals surface area contributed by atoms with Gasteiger partial charge in [-0.15, -0.1) is 0 Å². The van der Waals surface area contributed by atoms with E-state index in [1.807, 2.05) is 14.0 Å². The molecule has 0 saturated heterocycles. The van der Waals surface area contributed by atoms with Gasteiger partial charge in [0.05, 0.1) is 19.8 Å². The number of likely N-dealkylation sites (N-methyl/N-ethyl adjacent to an activating group) is 1. The SMILES string of the molecule is CNC(CO)c1cc(C(C)(C)C)c(OC)cc1C. The van der Waals surface area contributed by atoms with Crippen LogP contribution in [0.2, 0.25) is 0 Å². The van der Waals surface area contributed by atoms with Crippen molar-refractivity contribution in [2.24, 2.45) is 0 Å². The van der Waals surface area contributed by atoms with Crippen molar-refractivity contribution in [3.05, 3.63) is 28.8 Å². The summed E-state index contributed by atoms with van der Waals surface area (Å²) in [4.78, 5) is 0. The summed E-state index contributed by atoms with van der Waals surface area (Å²) < 4.78 is 5.47. The number of hydrogen-bond donors (Lipinski definition) is 2. The standard InChI is InChI=1S/C15H25NO2/c1-10-7-14(18-6)12(15(2,3)4)8-11(10)13(9-17)16-5/h7-8,13,16-17H,9H2,1-6H3. The molecule has 2 N–H and O–H groups in total. The molecule has 102 valence electrons. The molecule has 0 spiro atoms. The van der Waals surface area contributed by atoms with Crippen LogP contribution in [0.15, 0.2) is 12.1 Å². The number of nitrogens with one attached hydrogen (secondary N) is 1. The van der Waals surface area contributed by atoms with Crippen LogP contribution in [0.4, 0.5) is 0 Å². The van der Waals surface area contributed by atoms with E-state index < -0.39 is 0 Å². The molecule has 3 heteroatoms. The summed E-state index contributed by atoms with van der Waals surface area (Å²) in [5.41, 5.74) is 3.44. The quantitative estimate of drug-likeness (QED) is 0.864. The van der Waals surface area contributed by atoms with Crippen LogP contribution in [-0.2, 0) is 5.41 Å². The minimum Gasteiger partial charge on any atom is -0.496 e. The van der Waals surface area contributed by atoms with Gasteiger partial charge in [0.1, 0.15) is 5.75 Å². The maximum absolute atomic E-state index is 9.43. The van der Waals surface area contributed by atoms with Crippen molar-refractivity contribution >= 4 is 0 Å². The zero-order valence-electron chi connectivity index (χ0n) is 12.3. The maximum Gasteiger partial charge on any atom is 0.122 e. The molecule has 0 aliphatic carbocycles. The fourth-order valence-electron chi connectivity index (χ4n) is 2.17. The van der Waals surface area contributed by atoms with Gasteiger partial charge >= 0.3 is 0 Å². The lowest BCUT2D eigenvalue weighted by Gasteiger charge is -2.26. The lowest BCUT2D eigenvalue weighted by molar-refractivity contribution is 0.250. The van der Waals surface area contributed by atoms with E-state index in [2.05, 4.69) is 38.2 Å². The van der Waals surface area contributed by atoms with Crippen molar-refractivity contribution in [2.75, 3.05) is 20.8 Å². The monoisotopic (exact) mass is 251 g/mol. The van der Waals surface area contributed by atoms with E-state index in [9.17, 15) is 5.11 Å². The summed E-state index contributed by atoms with van der Waals surface area (Å²) in [7, 11) is 3.56. The van der Waals surface area contributed by atoms with E-state index in [-0.39, 0.29) is 18.1 Å². The minimum atomic E-state index is -0.0305. The summed E-state index contributed by atoms with van der Waals surface area (Å²) in [6, 6.07) is 4.17. The summed E-state index contributed by atoms with van der Waals surface area (Å²) in [5, 5.41) is 12.6. The maximum atomic E-state index is 9.43. The Hall–Kier alpha value is -1.06. The Balaban J connectivity index is 3.38. The third-order valence-corrected chi connectivity index (χ3v) is 3.30. The third kappa shape index (κ3) is 3.03. The van der Waals surface area contributed by atoms with Crippen LogP contribution >= 0.6 is 0 Å². The highest BCUT2D eigenvalue weighted by atomic mass is 16.5. The Bertz CT molecular complexity index is 404. The molecule has 1 atom stereocenters. The van der Waals surface area contributed by atoms with Gasteiger partial charge in [0.2, 0.25) is 0 Å². The number of methoxy groups -OCH3 is 1. The zero-order valence-corrected chi connectivity index (χ0v) is 12.3. The Morgan fingerprint density at radius 2 is 1.94 bits per heavy atom. The van der Waals surface area contributed by atoms with E-state index in [0.29, 0.717) is 0 Å². The largest absolute Gasteiger partial charge is 0.496 e. The molecular weight excluding hydrogens is 226 g/mol. The first-order valence-corrected chi connectivity index (χ1v) is 6.32. The summed E-state index contributed by atoms with van der Waals surface area (Å²) in [6.07, 6.45) is 0. The number of aliphatic hydroxyl groups excluding tert-OH is 1. The van der Waals surface area contributed by atoms with Crippen molar-refractivity contribution in [1.29, 1.82) is 0 Å².